The molecule has 0 saturated carbocycles. The summed E-state index contributed by atoms with van der Waals surface area (Å²) >= 11 is 0. The fourth-order valence-electron chi connectivity index (χ4n) is 1.94. The molecule has 0 spiro atoms. The molecular weight excluding hydrogens is 248 g/mol. The summed E-state index contributed by atoms with van der Waals surface area (Å²) in [5.74, 6) is 1.62. The number of hydrogen-bond acceptors (Lipinski definition) is 7. The van der Waals surface area contributed by atoms with E-state index in [1.807, 2.05) is 6.07 Å². The Bertz CT molecular complexity index is 391. The number of nitrogens with zero attached hydrogens (tertiary/aromatic N) is 3. The monoisotopic (exact) mass is 268 g/mol. The Balaban J connectivity index is 1.97. The predicted octanol–water partition coefficient (Wildman–Crippen LogP) is -0.268. The van der Waals surface area contributed by atoms with Gasteiger partial charge in [0.2, 0.25) is 0 Å². The van der Waals surface area contributed by atoms with E-state index in [4.69, 9.17) is 14.6 Å². The maximum atomic E-state index is 9.14. The van der Waals surface area contributed by atoms with Crippen molar-refractivity contribution in [3.8, 4) is 0 Å². The summed E-state index contributed by atoms with van der Waals surface area (Å²) in [5, 5.41) is 12.3. The molecule has 1 aromatic rings. The SMILES string of the molecule is COCCNc1cc(N2CCOC(CO)C2)ncn1. The molecule has 1 aliphatic heterocycles. The number of aliphatic hydroxyl groups excluding tert-OH is 1. The van der Waals surface area contributed by atoms with Crippen molar-refractivity contribution in [1.82, 2.24) is 9.97 Å². The molecule has 0 bridgehead atoms. The van der Waals surface area contributed by atoms with Crippen molar-refractivity contribution in [1.29, 1.82) is 0 Å². The first kappa shape index (κ1) is 14.0. The quantitative estimate of drug-likeness (QED) is 0.688. The molecule has 0 radical (unpaired) electrons. The summed E-state index contributed by atoms with van der Waals surface area (Å²) in [6, 6.07) is 1.90. The second-order valence-corrected chi connectivity index (χ2v) is 4.30. The number of anilines is 2. The van der Waals surface area contributed by atoms with E-state index in [0.717, 1.165) is 18.2 Å². The Kier molecular flexibility index (Phi) is 5.31. The number of methoxy groups -OCH3 is 1. The molecule has 1 unspecified atom stereocenters. The minimum Gasteiger partial charge on any atom is -0.394 e. The summed E-state index contributed by atoms with van der Waals surface area (Å²) < 4.78 is 10.4. The van der Waals surface area contributed by atoms with Gasteiger partial charge in [0.25, 0.3) is 0 Å². The molecule has 2 N–H and O–H groups in total. The van der Waals surface area contributed by atoms with Crippen LogP contribution in [-0.4, -0.2) is 67.7 Å². The molecule has 1 atom stereocenters. The molecule has 1 fully saturated rings. The second-order valence-electron chi connectivity index (χ2n) is 4.30. The van der Waals surface area contributed by atoms with E-state index in [0.29, 0.717) is 26.3 Å². The standard InChI is InChI=1S/C12H20N4O3/c1-18-4-2-13-11-6-12(15-9-14-11)16-3-5-19-10(7-16)8-17/h6,9-10,17H,2-5,7-8H2,1H3,(H,13,14,15). The van der Waals surface area contributed by atoms with E-state index >= 15 is 0 Å². The summed E-state index contributed by atoms with van der Waals surface area (Å²) in [5.41, 5.74) is 0. The molecule has 19 heavy (non-hydrogen) atoms. The number of morpholine rings is 1. The van der Waals surface area contributed by atoms with Gasteiger partial charge in [-0.3, -0.25) is 0 Å². The first-order valence-corrected chi connectivity index (χ1v) is 6.35. The van der Waals surface area contributed by atoms with E-state index in [1.165, 1.54) is 6.33 Å². The highest BCUT2D eigenvalue weighted by Gasteiger charge is 2.20. The smallest absolute Gasteiger partial charge is 0.134 e. The third-order valence-corrected chi connectivity index (χ3v) is 2.93. The molecule has 2 rings (SSSR count). The number of aromatic nitrogens is 2. The lowest BCUT2D eigenvalue weighted by Crippen LogP contribution is -2.44. The average Bonchev–Trinajstić information content (AvgIpc) is 2.48. The lowest BCUT2D eigenvalue weighted by atomic mass is 10.3. The van der Waals surface area contributed by atoms with Gasteiger partial charge in [-0.1, -0.05) is 0 Å². The van der Waals surface area contributed by atoms with Crippen LogP contribution in [0.3, 0.4) is 0 Å². The summed E-state index contributed by atoms with van der Waals surface area (Å²) in [7, 11) is 1.66. The van der Waals surface area contributed by atoms with Crippen molar-refractivity contribution in [3.63, 3.8) is 0 Å². The van der Waals surface area contributed by atoms with Crippen LogP contribution in [0.4, 0.5) is 11.6 Å². The fourth-order valence-corrected chi connectivity index (χ4v) is 1.94. The molecule has 0 aliphatic carbocycles. The summed E-state index contributed by atoms with van der Waals surface area (Å²) in [6.45, 7) is 3.37. The van der Waals surface area contributed by atoms with Crippen LogP contribution in [0.15, 0.2) is 12.4 Å². The molecular formula is C12H20N4O3. The van der Waals surface area contributed by atoms with Crippen LogP contribution in [0.1, 0.15) is 0 Å². The molecule has 2 heterocycles. The van der Waals surface area contributed by atoms with Crippen LogP contribution in [0.5, 0.6) is 0 Å². The molecule has 0 aromatic carbocycles. The lowest BCUT2D eigenvalue weighted by molar-refractivity contribution is 0.00336. The zero-order valence-electron chi connectivity index (χ0n) is 11.1. The summed E-state index contributed by atoms with van der Waals surface area (Å²) in [4.78, 5) is 10.5. The van der Waals surface area contributed by atoms with Gasteiger partial charge in [0.05, 0.1) is 25.9 Å². The molecule has 1 saturated heterocycles. The van der Waals surface area contributed by atoms with Crippen LogP contribution >= 0.6 is 0 Å². The number of nitrogens with one attached hydrogen (secondary N) is 1. The van der Waals surface area contributed by atoms with Crippen LogP contribution < -0.4 is 10.2 Å². The molecule has 0 amide bonds. The number of rotatable bonds is 6. The third-order valence-electron chi connectivity index (χ3n) is 2.93. The highest BCUT2D eigenvalue weighted by atomic mass is 16.5. The molecule has 106 valence electrons. The first-order chi connectivity index (χ1) is 9.33. The molecule has 7 heteroatoms. The van der Waals surface area contributed by atoms with Crippen molar-refractivity contribution < 1.29 is 14.6 Å². The Hall–Kier alpha value is -1.44. The Morgan fingerprint density at radius 3 is 3.26 bits per heavy atom. The van der Waals surface area contributed by atoms with Crippen molar-refractivity contribution in [2.24, 2.45) is 0 Å². The number of ether oxygens (including phenoxy) is 2. The van der Waals surface area contributed by atoms with Crippen LogP contribution in [0, 0.1) is 0 Å². The predicted molar refractivity (Wildman–Crippen MR) is 71.4 cm³/mol. The minimum atomic E-state index is -0.145. The van der Waals surface area contributed by atoms with Crippen molar-refractivity contribution >= 4 is 11.6 Å². The van der Waals surface area contributed by atoms with Gasteiger partial charge in [-0.05, 0) is 0 Å². The zero-order chi connectivity index (χ0) is 13.5. The van der Waals surface area contributed by atoms with Crippen molar-refractivity contribution in [2.45, 2.75) is 6.10 Å². The van der Waals surface area contributed by atoms with Gasteiger partial charge < -0.3 is 24.8 Å². The fraction of sp³-hybridized carbons (Fsp3) is 0.667. The van der Waals surface area contributed by atoms with E-state index in [9.17, 15) is 0 Å². The average molecular weight is 268 g/mol. The van der Waals surface area contributed by atoms with E-state index in [1.54, 1.807) is 7.11 Å². The van der Waals surface area contributed by atoms with Crippen molar-refractivity contribution in [2.75, 3.05) is 56.8 Å². The highest BCUT2D eigenvalue weighted by Crippen LogP contribution is 2.17. The minimum absolute atomic E-state index is 0.0283. The van der Waals surface area contributed by atoms with E-state index < -0.39 is 0 Å². The molecule has 1 aliphatic rings. The zero-order valence-corrected chi connectivity index (χ0v) is 11.1. The van der Waals surface area contributed by atoms with Crippen LogP contribution in [0.2, 0.25) is 0 Å². The van der Waals surface area contributed by atoms with Gasteiger partial charge in [-0.25, -0.2) is 9.97 Å². The first-order valence-electron chi connectivity index (χ1n) is 6.35. The lowest BCUT2D eigenvalue weighted by Gasteiger charge is -2.32. The molecule has 7 nitrogen and oxygen atoms in total. The van der Waals surface area contributed by atoms with Crippen LogP contribution in [-0.2, 0) is 9.47 Å². The number of hydrogen-bond donors (Lipinski definition) is 2. The maximum absolute atomic E-state index is 9.14. The van der Waals surface area contributed by atoms with Crippen LogP contribution in [0.25, 0.3) is 0 Å². The van der Waals surface area contributed by atoms with Gasteiger partial charge in [0.15, 0.2) is 0 Å². The Morgan fingerprint density at radius 2 is 2.47 bits per heavy atom. The topological polar surface area (TPSA) is 79.7 Å². The van der Waals surface area contributed by atoms with Gasteiger partial charge in [0.1, 0.15) is 18.0 Å². The van der Waals surface area contributed by atoms with Gasteiger partial charge in [-0.2, -0.15) is 0 Å². The maximum Gasteiger partial charge on any atom is 0.134 e. The third kappa shape index (κ3) is 4.02. The highest BCUT2D eigenvalue weighted by molar-refractivity contribution is 5.48. The summed E-state index contributed by atoms with van der Waals surface area (Å²) in [6.07, 6.45) is 1.39. The van der Waals surface area contributed by atoms with Crippen molar-refractivity contribution in [3.05, 3.63) is 12.4 Å². The van der Waals surface area contributed by atoms with E-state index in [2.05, 4.69) is 20.2 Å². The second kappa shape index (κ2) is 7.22. The number of aliphatic hydroxyl groups is 1. The van der Waals surface area contributed by atoms with Gasteiger partial charge >= 0.3 is 0 Å². The Morgan fingerprint density at radius 1 is 1.58 bits per heavy atom. The molecule has 1 aromatic heterocycles. The van der Waals surface area contributed by atoms with E-state index in [-0.39, 0.29) is 12.7 Å². The van der Waals surface area contributed by atoms with Gasteiger partial charge in [0, 0.05) is 32.8 Å². The Labute approximate surface area is 112 Å². The largest absolute Gasteiger partial charge is 0.394 e. The van der Waals surface area contributed by atoms with Gasteiger partial charge in [-0.15, -0.1) is 0 Å². The normalized spacial score (nSPS) is 19.5.